The molecule has 0 aromatic carbocycles. The lowest BCUT2D eigenvalue weighted by Gasteiger charge is -2.60. The van der Waals surface area contributed by atoms with Gasteiger partial charge >= 0.3 is 0 Å². The van der Waals surface area contributed by atoms with E-state index in [9.17, 15) is 4.79 Å². The lowest BCUT2D eigenvalue weighted by molar-refractivity contribution is -0.128. The smallest absolute Gasteiger partial charge is 0.220 e. The van der Waals surface area contributed by atoms with E-state index >= 15 is 0 Å². The summed E-state index contributed by atoms with van der Waals surface area (Å²) in [6.07, 6.45) is 12.3. The third kappa shape index (κ3) is 3.42. The molecule has 4 nitrogen and oxygen atoms in total. The van der Waals surface area contributed by atoms with Crippen molar-refractivity contribution in [1.82, 2.24) is 15.1 Å². The van der Waals surface area contributed by atoms with E-state index in [1.54, 1.807) is 6.20 Å². The number of carbonyl (C=O) groups excluding carboxylic acids is 1. The standard InChI is InChI=1S/C19H28BrN3O/c1-14(12-23-4-2-3-22-23)11-21-17(24)10-18-6-15-5-16(7-18)9-19(20,8-15)13-18/h2-4,14-16H,5-13H2,1H3,(H,21,24). The van der Waals surface area contributed by atoms with Crippen molar-refractivity contribution in [3.63, 3.8) is 0 Å². The number of nitrogens with one attached hydrogen (secondary N) is 1. The fourth-order valence-electron chi connectivity index (χ4n) is 6.03. The topological polar surface area (TPSA) is 46.9 Å². The Balaban J connectivity index is 1.30. The lowest BCUT2D eigenvalue weighted by Crippen LogP contribution is -2.54. The molecule has 3 unspecified atom stereocenters. The average Bonchev–Trinajstić information content (AvgIpc) is 2.94. The molecule has 0 aliphatic heterocycles. The van der Waals surface area contributed by atoms with Gasteiger partial charge in [-0.1, -0.05) is 22.9 Å². The third-order valence-electron chi connectivity index (χ3n) is 6.35. The first-order valence-electron chi connectivity index (χ1n) is 9.37. The van der Waals surface area contributed by atoms with E-state index in [0.29, 0.717) is 10.2 Å². The molecule has 5 rings (SSSR count). The van der Waals surface area contributed by atoms with Crippen molar-refractivity contribution in [2.24, 2.45) is 23.2 Å². The highest BCUT2D eigenvalue weighted by Crippen LogP contribution is 2.65. The quantitative estimate of drug-likeness (QED) is 0.747. The number of nitrogens with zero attached hydrogens (tertiary/aromatic N) is 2. The molecule has 0 saturated heterocycles. The molecule has 1 aromatic heterocycles. The van der Waals surface area contributed by atoms with Crippen LogP contribution in [0.5, 0.6) is 0 Å². The van der Waals surface area contributed by atoms with Gasteiger partial charge < -0.3 is 5.32 Å². The second kappa shape index (κ2) is 6.15. The fraction of sp³-hybridized carbons (Fsp3) is 0.789. The van der Waals surface area contributed by atoms with Crippen LogP contribution in [0.2, 0.25) is 0 Å². The molecule has 4 aliphatic carbocycles. The summed E-state index contributed by atoms with van der Waals surface area (Å²) < 4.78 is 2.27. The zero-order valence-electron chi connectivity index (χ0n) is 14.5. The predicted octanol–water partition coefficient (Wildman–Crippen LogP) is 3.76. The summed E-state index contributed by atoms with van der Waals surface area (Å²) in [4.78, 5) is 12.6. The molecule has 0 radical (unpaired) electrons. The van der Waals surface area contributed by atoms with Crippen molar-refractivity contribution in [1.29, 1.82) is 0 Å². The highest BCUT2D eigenvalue weighted by atomic mass is 79.9. The Morgan fingerprint density at radius 1 is 1.38 bits per heavy atom. The minimum absolute atomic E-state index is 0.250. The summed E-state index contributed by atoms with van der Waals surface area (Å²) in [5.41, 5.74) is 0.267. The summed E-state index contributed by atoms with van der Waals surface area (Å²) >= 11 is 4.04. The summed E-state index contributed by atoms with van der Waals surface area (Å²) in [6.45, 7) is 3.76. The second-order valence-corrected chi connectivity index (χ2v) is 10.6. The van der Waals surface area contributed by atoms with Gasteiger partial charge in [0.1, 0.15) is 0 Å². The van der Waals surface area contributed by atoms with Crippen molar-refractivity contribution >= 4 is 21.8 Å². The van der Waals surface area contributed by atoms with Gasteiger partial charge in [0.05, 0.1) is 0 Å². The second-order valence-electron chi connectivity index (χ2n) is 8.93. The molecule has 4 saturated carbocycles. The summed E-state index contributed by atoms with van der Waals surface area (Å²) in [5.74, 6) is 2.34. The van der Waals surface area contributed by atoms with Crippen LogP contribution < -0.4 is 5.32 Å². The number of carbonyl (C=O) groups is 1. The van der Waals surface area contributed by atoms with Crippen molar-refractivity contribution < 1.29 is 4.79 Å². The molecule has 4 fully saturated rings. The molecule has 1 amide bonds. The third-order valence-corrected chi connectivity index (χ3v) is 7.28. The van der Waals surface area contributed by atoms with Gasteiger partial charge in [-0.25, -0.2) is 0 Å². The van der Waals surface area contributed by atoms with Crippen LogP contribution in [0.25, 0.3) is 0 Å². The maximum absolute atomic E-state index is 12.6. The van der Waals surface area contributed by atoms with E-state index in [4.69, 9.17) is 0 Å². The highest BCUT2D eigenvalue weighted by Gasteiger charge is 2.57. The minimum Gasteiger partial charge on any atom is -0.356 e. The van der Waals surface area contributed by atoms with Crippen molar-refractivity contribution in [3.05, 3.63) is 18.5 Å². The molecular formula is C19H28BrN3O. The summed E-state index contributed by atoms with van der Waals surface area (Å²) in [5, 5.41) is 7.42. The summed E-state index contributed by atoms with van der Waals surface area (Å²) in [6, 6.07) is 1.94. The van der Waals surface area contributed by atoms with E-state index in [1.807, 2.05) is 16.9 Å². The van der Waals surface area contributed by atoms with Crippen LogP contribution >= 0.6 is 15.9 Å². The Morgan fingerprint density at radius 3 is 2.75 bits per heavy atom. The van der Waals surface area contributed by atoms with Gasteiger partial charge in [0.2, 0.25) is 5.91 Å². The van der Waals surface area contributed by atoms with Crippen LogP contribution in [-0.4, -0.2) is 26.6 Å². The van der Waals surface area contributed by atoms with Gasteiger partial charge in [0, 0.05) is 36.2 Å². The maximum atomic E-state index is 12.6. The average molecular weight is 394 g/mol. The van der Waals surface area contributed by atoms with E-state index in [2.05, 4.69) is 33.3 Å². The Hall–Kier alpha value is -0.840. The van der Waals surface area contributed by atoms with Gasteiger partial charge in [-0.05, 0) is 67.8 Å². The molecule has 3 atom stereocenters. The zero-order valence-corrected chi connectivity index (χ0v) is 16.1. The number of hydrogen-bond acceptors (Lipinski definition) is 2. The van der Waals surface area contributed by atoms with Crippen molar-refractivity contribution in [3.8, 4) is 0 Å². The molecule has 4 bridgehead atoms. The van der Waals surface area contributed by atoms with Gasteiger partial charge in [-0.3, -0.25) is 9.48 Å². The van der Waals surface area contributed by atoms with E-state index < -0.39 is 0 Å². The number of amides is 1. The number of hydrogen-bond donors (Lipinski definition) is 1. The van der Waals surface area contributed by atoms with Crippen molar-refractivity contribution in [2.75, 3.05) is 6.54 Å². The normalized spacial score (nSPS) is 38.2. The van der Waals surface area contributed by atoms with Gasteiger partial charge in [0.25, 0.3) is 0 Å². The fourth-order valence-corrected chi connectivity index (χ4v) is 7.54. The molecule has 1 heterocycles. The van der Waals surface area contributed by atoms with Crippen LogP contribution in [0.4, 0.5) is 0 Å². The zero-order chi connectivity index (χ0) is 16.8. The molecule has 1 aromatic rings. The molecule has 4 aliphatic rings. The van der Waals surface area contributed by atoms with E-state index in [1.165, 1.54) is 38.5 Å². The molecule has 24 heavy (non-hydrogen) atoms. The first kappa shape index (κ1) is 16.6. The molecule has 0 spiro atoms. The molecular weight excluding hydrogens is 366 g/mol. The number of halogens is 1. The number of aromatic nitrogens is 2. The maximum Gasteiger partial charge on any atom is 0.220 e. The first-order valence-corrected chi connectivity index (χ1v) is 10.2. The molecule has 132 valence electrons. The first-order chi connectivity index (χ1) is 11.4. The van der Waals surface area contributed by atoms with Crippen LogP contribution in [0.3, 0.4) is 0 Å². The Bertz CT molecular complexity index is 586. The van der Waals surface area contributed by atoms with Crippen LogP contribution in [-0.2, 0) is 11.3 Å². The minimum atomic E-state index is 0.250. The summed E-state index contributed by atoms with van der Waals surface area (Å²) in [7, 11) is 0. The Morgan fingerprint density at radius 2 is 2.12 bits per heavy atom. The predicted molar refractivity (Wildman–Crippen MR) is 97.8 cm³/mol. The number of rotatable bonds is 6. The van der Waals surface area contributed by atoms with Crippen molar-refractivity contribution in [2.45, 2.75) is 62.7 Å². The largest absolute Gasteiger partial charge is 0.356 e. The van der Waals surface area contributed by atoms with Gasteiger partial charge in [-0.15, -0.1) is 0 Å². The van der Waals surface area contributed by atoms with Gasteiger partial charge in [0.15, 0.2) is 0 Å². The van der Waals surface area contributed by atoms with Crippen LogP contribution in [0, 0.1) is 23.2 Å². The van der Waals surface area contributed by atoms with Gasteiger partial charge in [-0.2, -0.15) is 5.10 Å². The lowest BCUT2D eigenvalue weighted by atomic mass is 9.48. The Labute approximate surface area is 152 Å². The molecule has 5 heteroatoms. The molecule has 1 N–H and O–H groups in total. The number of alkyl halides is 1. The van der Waals surface area contributed by atoms with E-state index in [-0.39, 0.29) is 11.3 Å². The Kier molecular flexibility index (Phi) is 4.26. The monoisotopic (exact) mass is 393 g/mol. The SMILES string of the molecule is CC(CNC(=O)CC12CC3CC(CC(Br)(C3)C1)C2)Cn1cccn1. The van der Waals surface area contributed by atoms with E-state index in [0.717, 1.165) is 31.3 Å². The van der Waals surface area contributed by atoms with Crippen LogP contribution in [0.15, 0.2) is 18.5 Å². The highest BCUT2D eigenvalue weighted by molar-refractivity contribution is 9.10. The van der Waals surface area contributed by atoms with Crippen LogP contribution in [0.1, 0.15) is 51.9 Å².